The fourth-order valence-electron chi connectivity index (χ4n) is 4.36. The van der Waals surface area contributed by atoms with Crippen LogP contribution in [0, 0.1) is 0 Å². The number of carbonyl (C=O) groups excluding carboxylic acids is 1. The molecule has 1 aliphatic rings. The Morgan fingerprint density at radius 2 is 1.90 bits per heavy atom. The normalized spacial score (nSPS) is 14.4. The van der Waals surface area contributed by atoms with Gasteiger partial charge in [-0.25, -0.2) is 0 Å². The topological polar surface area (TPSA) is 45.5 Å². The highest BCUT2D eigenvalue weighted by Gasteiger charge is 2.21. The molecule has 2 aromatic heterocycles. The predicted molar refractivity (Wildman–Crippen MR) is 128 cm³/mol. The van der Waals surface area contributed by atoms with Gasteiger partial charge in [0.25, 0.3) is 0 Å². The zero-order valence-corrected chi connectivity index (χ0v) is 18.0. The van der Waals surface area contributed by atoms with E-state index < -0.39 is 6.10 Å². The summed E-state index contributed by atoms with van der Waals surface area (Å²) in [7, 11) is 0. The number of ketones is 1. The van der Waals surface area contributed by atoms with E-state index in [4.69, 9.17) is 0 Å². The lowest BCUT2D eigenvalue weighted by Crippen LogP contribution is -2.33. The van der Waals surface area contributed by atoms with Crippen LogP contribution in [0.3, 0.4) is 0 Å². The van der Waals surface area contributed by atoms with Crippen molar-refractivity contribution in [3.8, 4) is 0 Å². The smallest absolute Gasteiger partial charge is 0.195 e. The fourth-order valence-corrected chi connectivity index (χ4v) is 5.01. The zero-order chi connectivity index (χ0) is 21.2. The quantitative estimate of drug-likeness (QED) is 0.332. The third kappa shape index (κ3) is 4.07. The average Bonchev–Trinajstić information content (AvgIpc) is 3.53. The second kappa shape index (κ2) is 8.53. The third-order valence-corrected chi connectivity index (χ3v) is 6.70. The number of thiophene rings is 1. The molecule has 31 heavy (non-hydrogen) atoms. The highest BCUT2D eigenvalue weighted by atomic mass is 32.1. The first-order valence-corrected chi connectivity index (χ1v) is 11.4. The number of anilines is 1. The molecule has 0 aliphatic carbocycles. The molecule has 1 atom stereocenters. The maximum Gasteiger partial charge on any atom is 0.195 e. The molecule has 0 radical (unpaired) electrons. The SMILES string of the molecule is O=C(/C=C\c1cn(C[C@H](O)CN2CCc3ccccc32)c2ccccc12)c1cccs1. The molecule has 5 heteroatoms. The first-order valence-electron chi connectivity index (χ1n) is 10.5. The Hall–Kier alpha value is -3.15. The Balaban J connectivity index is 1.35. The van der Waals surface area contributed by atoms with E-state index in [1.807, 2.05) is 41.9 Å². The summed E-state index contributed by atoms with van der Waals surface area (Å²) < 4.78 is 2.09. The molecule has 156 valence electrons. The Morgan fingerprint density at radius 1 is 1.06 bits per heavy atom. The Labute approximate surface area is 185 Å². The molecule has 4 aromatic rings. The molecule has 0 fully saturated rings. The molecule has 1 aliphatic heterocycles. The summed E-state index contributed by atoms with van der Waals surface area (Å²) in [6.45, 7) is 2.05. The van der Waals surface area contributed by atoms with Gasteiger partial charge in [-0.1, -0.05) is 42.5 Å². The van der Waals surface area contributed by atoms with E-state index in [0.717, 1.165) is 34.3 Å². The van der Waals surface area contributed by atoms with Crippen molar-refractivity contribution in [2.75, 3.05) is 18.0 Å². The maximum absolute atomic E-state index is 12.4. The lowest BCUT2D eigenvalue weighted by atomic mass is 10.1. The number of benzene rings is 2. The van der Waals surface area contributed by atoms with Crippen LogP contribution >= 0.6 is 11.3 Å². The van der Waals surface area contributed by atoms with Crippen molar-refractivity contribution >= 4 is 39.8 Å². The zero-order valence-electron chi connectivity index (χ0n) is 17.1. The van der Waals surface area contributed by atoms with Crippen molar-refractivity contribution in [2.24, 2.45) is 0 Å². The van der Waals surface area contributed by atoms with Gasteiger partial charge in [0.1, 0.15) is 0 Å². The molecule has 5 rings (SSSR count). The largest absolute Gasteiger partial charge is 0.389 e. The average molecular weight is 429 g/mol. The van der Waals surface area contributed by atoms with Crippen LogP contribution in [0.4, 0.5) is 5.69 Å². The number of rotatable bonds is 7. The summed E-state index contributed by atoms with van der Waals surface area (Å²) in [5, 5.41) is 13.9. The minimum Gasteiger partial charge on any atom is -0.389 e. The van der Waals surface area contributed by atoms with Crippen molar-refractivity contribution in [2.45, 2.75) is 19.1 Å². The molecule has 0 amide bonds. The molecule has 3 heterocycles. The van der Waals surface area contributed by atoms with Crippen LogP contribution in [0.1, 0.15) is 20.8 Å². The van der Waals surface area contributed by atoms with Crippen LogP contribution in [0.15, 0.2) is 78.3 Å². The van der Waals surface area contributed by atoms with Crippen molar-refractivity contribution in [1.82, 2.24) is 4.57 Å². The summed E-state index contributed by atoms with van der Waals surface area (Å²) >= 11 is 1.45. The van der Waals surface area contributed by atoms with E-state index in [9.17, 15) is 9.90 Å². The van der Waals surface area contributed by atoms with Crippen molar-refractivity contribution in [3.05, 3.63) is 94.3 Å². The first-order chi connectivity index (χ1) is 15.2. The van der Waals surface area contributed by atoms with Gasteiger partial charge in [-0.3, -0.25) is 4.79 Å². The molecule has 0 saturated carbocycles. The lowest BCUT2D eigenvalue weighted by molar-refractivity contribution is 0.105. The Morgan fingerprint density at radius 3 is 2.77 bits per heavy atom. The molecule has 0 bridgehead atoms. The number of hydrogen-bond acceptors (Lipinski definition) is 4. The molecular formula is C26H24N2O2S. The number of carbonyl (C=O) groups is 1. The standard InChI is InChI=1S/C26H24N2O2S/c29-21(17-27-14-13-19-6-1-3-8-23(19)27)18-28-16-20(22-7-2-4-9-24(22)28)11-12-25(30)26-10-5-15-31-26/h1-12,15-16,21,29H,13-14,17-18H2/b12-11-/t21-/m1/s1. The number of aliphatic hydroxyl groups excluding tert-OH is 1. The summed E-state index contributed by atoms with van der Waals surface area (Å²) in [5.41, 5.74) is 4.63. The number of para-hydroxylation sites is 2. The summed E-state index contributed by atoms with van der Waals surface area (Å²) in [4.78, 5) is 15.4. The van der Waals surface area contributed by atoms with Gasteiger partial charge in [0.15, 0.2) is 5.78 Å². The molecule has 2 aromatic carbocycles. The number of aromatic nitrogens is 1. The van der Waals surface area contributed by atoms with Gasteiger partial charge < -0.3 is 14.6 Å². The number of allylic oxidation sites excluding steroid dienone is 1. The molecule has 4 nitrogen and oxygen atoms in total. The third-order valence-electron chi connectivity index (χ3n) is 5.82. The minimum atomic E-state index is -0.494. The van der Waals surface area contributed by atoms with Gasteiger partial charge in [0.2, 0.25) is 0 Å². The Kier molecular flexibility index (Phi) is 5.45. The number of hydrogen-bond donors (Lipinski definition) is 1. The monoisotopic (exact) mass is 428 g/mol. The minimum absolute atomic E-state index is 0.0135. The van der Waals surface area contributed by atoms with Crippen LogP contribution in [0.2, 0.25) is 0 Å². The molecule has 0 saturated heterocycles. The van der Waals surface area contributed by atoms with Crippen molar-refractivity contribution in [3.63, 3.8) is 0 Å². The second-order valence-corrected chi connectivity index (χ2v) is 8.86. The van der Waals surface area contributed by atoms with Gasteiger partial charge in [-0.15, -0.1) is 11.3 Å². The number of nitrogens with zero attached hydrogens (tertiary/aromatic N) is 2. The van der Waals surface area contributed by atoms with E-state index in [0.29, 0.717) is 13.1 Å². The van der Waals surface area contributed by atoms with E-state index in [1.54, 1.807) is 6.08 Å². The summed E-state index contributed by atoms with van der Waals surface area (Å²) in [6, 6.07) is 20.3. The second-order valence-electron chi connectivity index (χ2n) is 7.91. The number of aliphatic hydroxyl groups is 1. The van der Waals surface area contributed by atoms with Crippen LogP contribution in [0.5, 0.6) is 0 Å². The van der Waals surface area contributed by atoms with Gasteiger partial charge >= 0.3 is 0 Å². The van der Waals surface area contributed by atoms with E-state index in [2.05, 4.69) is 45.9 Å². The lowest BCUT2D eigenvalue weighted by Gasteiger charge is -2.23. The van der Waals surface area contributed by atoms with Gasteiger partial charge in [-0.2, -0.15) is 0 Å². The van der Waals surface area contributed by atoms with Gasteiger partial charge in [0.05, 0.1) is 17.5 Å². The number of fused-ring (bicyclic) bond motifs is 2. The first kappa shape index (κ1) is 19.8. The summed E-state index contributed by atoms with van der Waals surface area (Å²) in [6.07, 6.45) is 6.08. The molecule has 0 spiro atoms. The van der Waals surface area contributed by atoms with Gasteiger partial charge in [-0.05, 0) is 47.7 Å². The highest BCUT2D eigenvalue weighted by Crippen LogP contribution is 2.28. The van der Waals surface area contributed by atoms with Crippen LogP contribution in [0.25, 0.3) is 17.0 Å². The molecule has 1 N–H and O–H groups in total. The number of β-amino-alcohol motifs (C(OH)–C–C–N with tert-alkyl or cyclic N) is 1. The van der Waals surface area contributed by atoms with E-state index in [1.165, 1.54) is 22.6 Å². The highest BCUT2D eigenvalue weighted by molar-refractivity contribution is 7.12. The van der Waals surface area contributed by atoms with E-state index in [-0.39, 0.29) is 5.78 Å². The van der Waals surface area contributed by atoms with Crippen LogP contribution < -0.4 is 4.90 Å². The van der Waals surface area contributed by atoms with Gasteiger partial charge in [0, 0.05) is 41.4 Å². The Bertz CT molecular complexity index is 1240. The molecular weight excluding hydrogens is 404 g/mol. The fraction of sp³-hybridized carbons (Fsp3) is 0.192. The van der Waals surface area contributed by atoms with Crippen molar-refractivity contribution in [1.29, 1.82) is 0 Å². The molecule has 0 unspecified atom stereocenters. The predicted octanol–water partition coefficient (Wildman–Crippen LogP) is 5.02. The van der Waals surface area contributed by atoms with Crippen LogP contribution in [-0.4, -0.2) is 34.7 Å². The van der Waals surface area contributed by atoms with Crippen LogP contribution in [-0.2, 0) is 13.0 Å². The maximum atomic E-state index is 12.4. The van der Waals surface area contributed by atoms with E-state index >= 15 is 0 Å². The van der Waals surface area contributed by atoms with Crippen molar-refractivity contribution < 1.29 is 9.90 Å². The summed E-state index contributed by atoms with van der Waals surface area (Å²) in [5.74, 6) is 0.0135.